The zero-order chi connectivity index (χ0) is 15.4. The highest BCUT2D eigenvalue weighted by atomic mass is 79.9. The molecule has 1 amide bonds. The van der Waals surface area contributed by atoms with Crippen LogP contribution in [-0.4, -0.2) is 17.0 Å². The molecular formula is C14H11BrFN3O2. The van der Waals surface area contributed by atoms with Gasteiger partial charge in [0, 0.05) is 15.7 Å². The van der Waals surface area contributed by atoms with Crippen LogP contribution in [0, 0.1) is 5.82 Å². The largest absolute Gasteiger partial charge is 0.409 e. The Morgan fingerprint density at radius 3 is 2.71 bits per heavy atom. The Morgan fingerprint density at radius 2 is 2.05 bits per heavy atom. The summed E-state index contributed by atoms with van der Waals surface area (Å²) in [6, 6.07) is 10.5. The molecule has 0 aromatic heterocycles. The fraction of sp³-hybridized carbons (Fsp3) is 0. The molecule has 0 aliphatic heterocycles. The van der Waals surface area contributed by atoms with E-state index in [0.717, 1.165) is 0 Å². The first-order valence-corrected chi connectivity index (χ1v) is 6.65. The van der Waals surface area contributed by atoms with Gasteiger partial charge in [0.05, 0.1) is 5.56 Å². The third-order valence-electron chi connectivity index (χ3n) is 2.70. The van der Waals surface area contributed by atoms with E-state index in [-0.39, 0.29) is 11.4 Å². The summed E-state index contributed by atoms with van der Waals surface area (Å²) in [4.78, 5) is 12.0. The van der Waals surface area contributed by atoms with E-state index in [9.17, 15) is 9.18 Å². The van der Waals surface area contributed by atoms with Crippen LogP contribution in [0.3, 0.4) is 0 Å². The van der Waals surface area contributed by atoms with Gasteiger partial charge in [0.1, 0.15) is 5.82 Å². The third-order valence-corrected chi connectivity index (χ3v) is 3.19. The lowest BCUT2D eigenvalue weighted by atomic mass is 10.1. The number of amidine groups is 1. The first kappa shape index (κ1) is 15.0. The second kappa shape index (κ2) is 6.36. The summed E-state index contributed by atoms with van der Waals surface area (Å²) in [5, 5.41) is 14.1. The van der Waals surface area contributed by atoms with Crippen molar-refractivity contribution in [2.24, 2.45) is 10.9 Å². The van der Waals surface area contributed by atoms with Crippen molar-refractivity contribution in [3.8, 4) is 0 Å². The number of rotatable bonds is 3. The Kier molecular flexibility index (Phi) is 4.54. The topological polar surface area (TPSA) is 87.7 Å². The van der Waals surface area contributed by atoms with Crippen molar-refractivity contribution >= 4 is 33.4 Å². The van der Waals surface area contributed by atoms with Gasteiger partial charge in [-0.1, -0.05) is 33.2 Å². The molecule has 0 saturated carbocycles. The van der Waals surface area contributed by atoms with Crippen LogP contribution in [0.25, 0.3) is 0 Å². The molecule has 2 aromatic carbocycles. The maximum Gasteiger partial charge on any atom is 0.258 e. The molecule has 0 heterocycles. The standard InChI is InChI=1S/C14H11BrFN3O2/c15-9-4-5-11(12(16)7-9)14(20)18-10-3-1-2-8(6-10)13(17)19-21/h1-7,21H,(H2,17,19)(H,18,20). The second-order valence-electron chi connectivity index (χ2n) is 4.14. The number of hydrogen-bond donors (Lipinski definition) is 3. The highest BCUT2D eigenvalue weighted by Crippen LogP contribution is 2.17. The Hall–Kier alpha value is -2.41. The number of nitrogens with one attached hydrogen (secondary N) is 1. The number of amides is 1. The highest BCUT2D eigenvalue weighted by molar-refractivity contribution is 9.10. The second-order valence-corrected chi connectivity index (χ2v) is 5.06. The fourth-order valence-electron chi connectivity index (χ4n) is 1.69. The molecule has 0 unspecified atom stereocenters. The van der Waals surface area contributed by atoms with Crippen molar-refractivity contribution in [2.45, 2.75) is 0 Å². The maximum absolute atomic E-state index is 13.7. The van der Waals surface area contributed by atoms with Crippen molar-refractivity contribution < 1.29 is 14.4 Å². The van der Waals surface area contributed by atoms with Crippen molar-refractivity contribution in [1.29, 1.82) is 0 Å². The molecule has 0 radical (unpaired) electrons. The lowest BCUT2D eigenvalue weighted by Crippen LogP contribution is -2.16. The number of benzene rings is 2. The third kappa shape index (κ3) is 3.57. The van der Waals surface area contributed by atoms with E-state index in [4.69, 9.17) is 10.9 Å². The quantitative estimate of drug-likeness (QED) is 0.344. The van der Waals surface area contributed by atoms with E-state index < -0.39 is 11.7 Å². The minimum atomic E-state index is -0.630. The van der Waals surface area contributed by atoms with Crippen LogP contribution in [0.5, 0.6) is 0 Å². The van der Waals surface area contributed by atoms with Gasteiger partial charge in [-0.3, -0.25) is 4.79 Å². The van der Waals surface area contributed by atoms with Crippen molar-refractivity contribution in [1.82, 2.24) is 0 Å². The summed E-state index contributed by atoms with van der Waals surface area (Å²) >= 11 is 3.12. The average molecular weight is 352 g/mol. The number of halogens is 2. The van der Waals surface area contributed by atoms with E-state index in [0.29, 0.717) is 15.7 Å². The number of carbonyl (C=O) groups excluding carboxylic acids is 1. The average Bonchev–Trinajstić information content (AvgIpc) is 2.46. The molecule has 4 N–H and O–H groups in total. The number of nitrogens with two attached hydrogens (primary N) is 1. The number of anilines is 1. The lowest BCUT2D eigenvalue weighted by molar-refractivity contribution is 0.102. The smallest absolute Gasteiger partial charge is 0.258 e. The fourth-order valence-corrected chi connectivity index (χ4v) is 2.02. The Balaban J connectivity index is 2.23. The van der Waals surface area contributed by atoms with E-state index in [1.54, 1.807) is 24.3 Å². The highest BCUT2D eigenvalue weighted by Gasteiger charge is 2.12. The number of oxime groups is 1. The van der Waals surface area contributed by atoms with Gasteiger partial charge in [-0.05, 0) is 30.3 Å². The molecule has 0 atom stereocenters. The maximum atomic E-state index is 13.7. The first-order valence-electron chi connectivity index (χ1n) is 5.85. The predicted octanol–water partition coefficient (Wildman–Crippen LogP) is 2.94. The number of carbonyl (C=O) groups is 1. The summed E-state index contributed by atoms with van der Waals surface area (Å²) < 4.78 is 14.2. The molecule has 7 heteroatoms. The van der Waals surface area contributed by atoms with Gasteiger partial charge in [0.25, 0.3) is 5.91 Å². The Morgan fingerprint density at radius 1 is 1.29 bits per heavy atom. The minimum absolute atomic E-state index is 0.0765. The van der Waals surface area contributed by atoms with Gasteiger partial charge in [0.15, 0.2) is 5.84 Å². The van der Waals surface area contributed by atoms with Gasteiger partial charge in [-0.2, -0.15) is 0 Å². The van der Waals surface area contributed by atoms with Gasteiger partial charge in [-0.25, -0.2) is 4.39 Å². The zero-order valence-electron chi connectivity index (χ0n) is 10.7. The SMILES string of the molecule is N/C(=N/O)c1cccc(NC(=O)c2ccc(Br)cc2F)c1. The lowest BCUT2D eigenvalue weighted by Gasteiger charge is -2.08. The van der Waals surface area contributed by atoms with Crippen molar-refractivity contribution in [2.75, 3.05) is 5.32 Å². The van der Waals surface area contributed by atoms with Crippen LogP contribution >= 0.6 is 15.9 Å². The van der Waals surface area contributed by atoms with Crippen molar-refractivity contribution in [3.63, 3.8) is 0 Å². The molecule has 0 fully saturated rings. The normalized spacial score (nSPS) is 11.2. The molecule has 5 nitrogen and oxygen atoms in total. The summed E-state index contributed by atoms with van der Waals surface area (Å²) in [5.74, 6) is -1.30. The van der Waals surface area contributed by atoms with E-state index in [1.165, 1.54) is 18.2 Å². The van der Waals surface area contributed by atoms with E-state index >= 15 is 0 Å². The van der Waals surface area contributed by atoms with Gasteiger partial charge in [0.2, 0.25) is 0 Å². The van der Waals surface area contributed by atoms with Gasteiger partial charge >= 0.3 is 0 Å². The van der Waals surface area contributed by atoms with Crippen LogP contribution in [0.2, 0.25) is 0 Å². The molecule has 0 bridgehead atoms. The van der Waals surface area contributed by atoms with Crippen LogP contribution in [0.1, 0.15) is 15.9 Å². The molecule has 0 saturated heterocycles. The molecule has 108 valence electrons. The number of nitrogens with zero attached hydrogens (tertiary/aromatic N) is 1. The summed E-state index contributed by atoms with van der Waals surface area (Å²) in [6.07, 6.45) is 0. The first-order chi connectivity index (χ1) is 10.0. The molecule has 21 heavy (non-hydrogen) atoms. The molecule has 2 aromatic rings. The van der Waals surface area contributed by atoms with Crippen LogP contribution in [-0.2, 0) is 0 Å². The molecule has 0 spiro atoms. The van der Waals surface area contributed by atoms with Crippen LogP contribution in [0.15, 0.2) is 52.1 Å². The zero-order valence-corrected chi connectivity index (χ0v) is 12.3. The van der Waals surface area contributed by atoms with Crippen LogP contribution in [0.4, 0.5) is 10.1 Å². The summed E-state index contributed by atoms with van der Waals surface area (Å²) in [7, 11) is 0. The van der Waals surface area contributed by atoms with E-state index in [1.807, 2.05) is 0 Å². The Bertz CT molecular complexity index is 719. The van der Waals surface area contributed by atoms with Gasteiger partial charge in [-0.15, -0.1) is 0 Å². The summed E-state index contributed by atoms with van der Waals surface area (Å²) in [5.41, 5.74) is 6.24. The Labute approximate surface area is 128 Å². The van der Waals surface area contributed by atoms with Crippen LogP contribution < -0.4 is 11.1 Å². The van der Waals surface area contributed by atoms with E-state index in [2.05, 4.69) is 26.4 Å². The predicted molar refractivity (Wildman–Crippen MR) is 81.0 cm³/mol. The molecule has 2 rings (SSSR count). The monoisotopic (exact) mass is 351 g/mol. The summed E-state index contributed by atoms with van der Waals surface area (Å²) in [6.45, 7) is 0. The number of hydrogen-bond acceptors (Lipinski definition) is 3. The minimum Gasteiger partial charge on any atom is -0.409 e. The molecule has 0 aliphatic carbocycles. The molecular weight excluding hydrogens is 341 g/mol. The molecule has 0 aliphatic rings. The van der Waals surface area contributed by atoms with Crippen molar-refractivity contribution in [3.05, 3.63) is 63.9 Å². The van der Waals surface area contributed by atoms with Gasteiger partial charge < -0.3 is 16.3 Å².